The molecule has 4 nitrogen and oxygen atoms in total. The minimum absolute atomic E-state index is 0.00993. The van der Waals surface area contributed by atoms with Gasteiger partial charge in [-0.1, -0.05) is 17.7 Å². The minimum Gasteiger partial charge on any atom is -0.488 e. The van der Waals surface area contributed by atoms with Crippen molar-refractivity contribution in [2.45, 2.75) is 6.92 Å². The highest BCUT2D eigenvalue weighted by molar-refractivity contribution is 9.21. The van der Waals surface area contributed by atoms with E-state index in [4.69, 9.17) is 4.74 Å². The van der Waals surface area contributed by atoms with Gasteiger partial charge in [0.1, 0.15) is 17.3 Å². The summed E-state index contributed by atoms with van der Waals surface area (Å²) in [5.41, 5.74) is 1.12. The molecule has 0 spiro atoms. The molecule has 1 aromatic carbocycles. The minimum atomic E-state index is -3.44. The Labute approximate surface area is 108 Å². The van der Waals surface area contributed by atoms with Gasteiger partial charge in [0, 0.05) is 6.20 Å². The van der Waals surface area contributed by atoms with Gasteiger partial charge in [-0.25, -0.2) is 13.4 Å². The molecule has 0 saturated heterocycles. The maximum absolute atomic E-state index is 11.6. The number of aliphatic imine (C=N–C) groups is 1. The van der Waals surface area contributed by atoms with Crippen molar-refractivity contribution in [1.29, 1.82) is 0 Å². The van der Waals surface area contributed by atoms with Gasteiger partial charge in [-0.05, 0) is 35.0 Å². The van der Waals surface area contributed by atoms with Crippen LogP contribution >= 0.6 is 15.9 Å². The van der Waals surface area contributed by atoms with Gasteiger partial charge < -0.3 is 4.74 Å². The molecule has 0 aliphatic carbocycles. The molecule has 1 aliphatic heterocycles. The van der Waals surface area contributed by atoms with E-state index < -0.39 is 9.84 Å². The second kappa shape index (κ2) is 4.62. The SMILES string of the molecule is Cc1ccc(OCC2=CN=C(Br)S2(=O)=O)cc1. The molecule has 1 heterocycles. The van der Waals surface area contributed by atoms with Crippen molar-refractivity contribution in [2.24, 2.45) is 4.99 Å². The first kappa shape index (κ1) is 12.3. The molecular formula is C11H10BrNO3S. The third kappa shape index (κ3) is 2.58. The molecule has 6 heteroatoms. The number of benzene rings is 1. The lowest BCUT2D eigenvalue weighted by molar-refractivity contribution is 0.358. The van der Waals surface area contributed by atoms with E-state index in [9.17, 15) is 8.42 Å². The van der Waals surface area contributed by atoms with Crippen molar-refractivity contribution in [3.63, 3.8) is 0 Å². The number of hydrogen-bond donors (Lipinski definition) is 0. The van der Waals surface area contributed by atoms with Crippen molar-refractivity contribution in [3.05, 3.63) is 40.9 Å². The average molecular weight is 316 g/mol. The fraction of sp³-hybridized carbons (Fsp3) is 0.182. The standard InChI is InChI=1S/C11H10BrNO3S/c1-8-2-4-9(5-3-8)16-7-10-6-13-11(12)17(10,14)15/h2-6H,7H2,1H3. The van der Waals surface area contributed by atoms with Crippen molar-refractivity contribution in [3.8, 4) is 5.75 Å². The largest absolute Gasteiger partial charge is 0.488 e. The van der Waals surface area contributed by atoms with E-state index in [1.807, 2.05) is 19.1 Å². The van der Waals surface area contributed by atoms with E-state index in [-0.39, 0.29) is 15.5 Å². The number of ether oxygens (including phenoxy) is 1. The number of rotatable bonds is 3. The summed E-state index contributed by atoms with van der Waals surface area (Å²) in [7, 11) is -3.44. The Hall–Kier alpha value is -1.14. The van der Waals surface area contributed by atoms with Crippen LogP contribution in [-0.2, 0) is 9.84 Å². The van der Waals surface area contributed by atoms with Gasteiger partial charge in [-0.3, -0.25) is 0 Å². The summed E-state index contributed by atoms with van der Waals surface area (Å²) >= 11 is 2.89. The molecule has 0 radical (unpaired) electrons. The fourth-order valence-electron chi connectivity index (χ4n) is 1.27. The summed E-state index contributed by atoms with van der Waals surface area (Å²) in [6.45, 7) is 1.96. The lowest BCUT2D eigenvalue weighted by Gasteiger charge is -2.06. The molecule has 0 fully saturated rings. The molecule has 0 saturated carbocycles. The topological polar surface area (TPSA) is 55.7 Å². The zero-order chi connectivity index (χ0) is 12.5. The smallest absolute Gasteiger partial charge is 0.231 e. The van der Waals surface area contributed by atoms with Crippen LogP contribution in [0.2, 0.25) is 0 Å². The number of sulfone groups is 1. The van der Waals surface area contributed by atoms with Crippen molar-refractivity contribution >= 4 is 29.7 Å². The summed E-state index contributed by atoms with van der Waals surface area (Å²) in [6, 6.07) is 7.40. The maximum atomic E-state index is 11.6. The Bertz CT molecular complexity index is 588. The second-order valence-electron chi connectivity index (χ2n) is 3.58. The van der Waals surface area contributed by atoms with E-state index in [0.717, 1.165) is 5.56 Å². The Kier molecular flexibility index (Phi) is 3.35. The molecule has 0 unspecified atom stereocenters. The predicted octanol–water partition coefficient (Wildman–Crippen LogP) is 2.39. The molecule has 0 N–H and O–H groups in total. The number of aryl methyl sites for hydroxylation is 1. The molecule has 0 amide bonds. The van der Waals surface area contributed by atoms with Crippen LogP contribution in [0.25, 0.3) is 0 Å². The molecule has 17 heavy (non-hydrogen) atoms. The van der Waals surface area contributed by atoms with E-state index >= 15 is 0 Å². The zero-order valence-electron chi connectivity index (χ0n) is 9.05. The first-order chi connectivity index (χ1) is 8.00. The molecule has 1 aliphatic rings. The van der Waals surface area contributed by atoms with Crippen LogP contribution < -0.4 is 4.74 Å². The van der Waals surface area contributed by atoms with Crippen LogP contribution in [-0.4, -0.2) is 19.0 Å². The quantitative estimate of drug-likeness (QED) is 0.860. The predicted molar refractivity (Wildman–Crippen MR) is 70.0 cm³/mol. The first-order valence-corrected chi connectivity index (χ1v) is 7.14. The summed E-state index contributed by atoms with van der Waals surface area (Å²) in [5.74, 6) is 0.634. The maximum Gasteiger partial charge on any atom is 0.231 e. The Morgan fingerprint density at radius 1 is 1.29 bits per heavy atom. The highest BCUT2D eigenvalue weighted by atomic mass is 79.9. The van der Waals surface area contributed by atoms with Gasteiger partial charge in [0.2, 0.25) is 13.8 Å². The Morgan fingerprint density at radius 2 is 1.94 bits per heavy atom. The normalized spacial score (nSPS) is 17.5. The van der Waals surface area contributed by atoms with Crippen LogP contribution in [0.15, 0.2) is 40.4 Å². The van der Waals surface area contributed by atoms with Gasteiger partial charge in [0.05, 0.1) is 0 Å². The van der Waals surface area contributed by atoms with Crippen LogP contribution in [0.1, 0.15) is 5.56 Å². The highest BCUT2D eigenvalue weighted by Gasteiger charge is 2.27. The number of hydrogen-bond acceptors (Lipinski definition) is 4. The zero-order valence-corrected chi connectivity index (χ0v) is 11.5. The lowest BCUT2D eigenvalue weighted by Crippen LogP contribution is -2.12. The average Bonchev–Trinajstić information content (AvgIpc) is 2.54. The summed E-state index contributed by atoms with van der Waals surface area (Å²) < 4.78 is 28.6. The molecule has 2 rings (SSSR count). The summed E-state index contributed by atoms with van der Waals surface area (Å²) in [4.78, 5) is 3.86. The molecular weight excluding hydrogens is 306 g/mol. The Morgan fingerprint density at radius 3 is 2.47 bits per heavy atom. The third-order valence-corrected chi connectivity index (χ3v) is 5.22. The van der Waals surface area contributed by atoms with Crippen molar-refractivity contribution < 1.29 is 13.2 Å². The highest BCUT2D eigenvalue weighted by Crippen LogP contribution is 2.22. The Balaban J connectivity index is 2.04. The van der Waals surface area contributed by atoms with Gasteiger partial charge >= 0.3 is 0 Å². The van der Waals surface area contributed by atoms with Gasteiger partial charge in [-0.15, -0.1) is 0 Å². The van der Waals surface area contributed by atoms with E-state index in [1.54, 1.807) is 12.1 Å². The number of nitrogens with zero attached hydrogens (tertiary/aromatic N) is 1. The molecule has 0 bridgehead atoms. The summed E-state index contributed by atoms with van der Waals surface area (Å²) in [6.07, 6.45) is 1.30. The van der Waals surface area contributed by atoms with E-state index in [1.165, 1.54) is 6.20 Å². The lowest BCUT2D eigenvalue weighted by atomic mass is 10.2. The molecule has 90 valence electrons. The van der Waals surface area contributed by atoms with Crippen LogP contribution in [0, 0.1) is 6.92 Å². The fourth-order valence-corrected chi connectivity index (χ4v) is 2.81. The van der Waals surface area contributed by atoms with Crippen LogP contribution in [0.3, 0.4) is 0 Å². The van der Waals surface area contributed by atoms with Crippen LogP contribution in [0.4, 0.5) is 0 Å². The van der Waals surface area contributed by atoms with Gasteiger partial charge in [0.25, 0.3) is 0 Å². The van der Waals surface area contributed by atoms with Gasteiger partial charge in [-0.2, -0.15) is 0 Å². The second-order valence-corrected chi connectivity index (χ2v) is 6.78. The van der Waals surface area contributed by atoms with E-state index in [2.05, 4.69) is 20.9 Å². The van der Waals surface area contributed by atoms with Gasteiger partial charge in [0.15, 0.2) is 0 Å². The third-order valence-electron chi connectivity index (χ3n) is 2.28. The van der Waals surface area contributed by atoms with Crippen LogP contribution in [0.5, 0.6) is 5.75 Å². The summed E-state index contributed by atoms with van der Waals surface area (Å²) in [5, 5.41) is 0. The number of halogens is 1. The van der Waals surface area contributed by atoms with Crippen molar-refractivity contribution in [2.75, 3.05) is 6.61 Å². The first-order valence-electron chi connectivity index (χ1n) is 4.87. The molecule has 1 aromatic rings. The molecule has 0 aromatic heterocycles. The van der Waals surface area contributed by atoms with Crippen molar-refractivity contribution in [1.82, 2.24) is 0 Å². The van der Waals surface area contributed by atoms with E-state index in [0.29, 0.717) is 5.75 Å². The monoisotopic (exact) mass is 315 g/mol. The molecule has 0 atom stereocenters.